The fourth-order valence-corrected chi connectivity index (χ4v) is 3.26. The Morgan fingerprint density at radius 1 is 1.29 bits per heavy atom. The molecule has 0 radical (unpaired) electrons. The third-order valence-electron chi connectivity index (χ3n) is 4.22. The minimum Gasteiger partial charge on any atom is -0.314 e. The molecule has 1 aromatic rings. The third kappa shape index (κ3) is 6.37. The molecule has 1 aromatic carbocycles. The number of nitro groups is 1. The molecule has 1 fully saturated rings. The molecule has 1 aliphatic heterocycles. The number of nitro benzene ring substituents is 1. The van der Waals surface area contributed by atoms with Gasteiger partial charge in [-0.05, 0) is 18.6 Å². The first-order valence-corrected chi connectivity index (χ1v) is 8.40. The maximum Gasteiger partial charge on any atom is 0.274 e. The van der Waals surface area contributed by atoms with Crippen LogP contribution in [-0.2, 0) is 0 Å². The van der Waals surface area contributed by atoms with Crippen LogP contribution in [-0.4, -0.2) is 36.0 Å². The van der Waals surface area contributed by atoms with E-state index in [1.54, 1.807) is 12.1 Å². The molecule has 1 saturated heterocycles. The average Bonchev–Trinajstić information content (AvgIpc) is 2.52. The van der Waals surface area contributed by atoms with Gasteiger partial charge in [-0.15, -0.1) is 24.8 Å². The van der Waals surface area contributed by atoms with Crippen molar-refractivity contribution in [3.05, 3.63) is 38.9 Å². The molecule has 0 bridgehead atoms. The second-order valence-corrected chi connectivity index (χ2v) is 6.19. The van der Waals surface area contributed by atoms with E-state index < -0.39 is 0 Å². The van der Waals surface area contributed by atoms with Crippen LogP contribution in [0.2, 0.25) is 5.02 Å². The van der Waals surface area contributed by atoms with Crippen LogP contribution in [0.1, 0.15) is 44.2 Å². The number of nitrogens with zero attached hydrogens (tertiary/aromatic N) is 2. The summed E-state index contributed by atoms with van der Waals surface area (Å²) in [5, 5.41) is 15.3. The van der Waals surface area contributed by atoms with E-state index in [1.807, 2.05) is 0 Å². The molecule has 0 aliphatic carbocycles. The number of nitrogens with one attached hydrogen (secondary N) is 1. The van der Waals surface area contributed by atoms with E-state index in [0.29, 0.717) is 5.02 Å². The van der Waals surface area contributed by atoms with Crippen LogP contribution in [0.3, 0.4) is 0 Å². The van der Waals surface area contributed by atoms with Crippen LogP contribution in [0.15, 0.2) is 18.2 Å². The highest BCUT2D eigenvalue weighted by atomic mass is 35.5. The van der Waals surface area contributed by atoms with E-state index >= 15 is 0 Å². The van der Waals surface area contributed by atoms with Crippen LogP contribution in [0.5, 0.6) is 0 Å². The van der Waals surface area contributed by atoms with Gasteiger partial charge in [0.1, 0.15) is 0 Å². The standard InChI is InChI=1S/C16H24ClN3O2.2ClH/c1-2-3-4-5-15(19-10-8-18-9-11-19)14-12-13(17)6-7-16(14)20(21)22;;/h6-7,12,15,18H,2-5,8-11H2,1H3;2*1H/t15-;;/m0../s1. The molecule has 0 amide bonds. The summed E-state index contributed by atoms with van der Waals surface area (Å²) >= 11 is 6.11. The fourth-order valence-electron chi connectivity index (χ4n) is 3.07. The zero-order chi connectivity index (χ0) is 15.9. The van der Waals surface area contributed by atoms with Gasteiger partial charge in [-0.2, -0.15) is 0 Å². The number of benzene rings is 1. The van der Waals surface area contributed by atoms with Gasteiger partial charge in [0.05, 0.1) is 4.92 Å². The molecule has 1 aliphatic rings. The lowest BCUT2D eigenvalue weighted by molar-refractivity contribution is -0.386. The molecule has 1 atom stereocenters. The summed E-state index contributed by atoms with van der Waals surface area (Å²) in [5.74, 6) is 0. The molecular weight excluding hydrogens is 373 g/mol. The molecule has 0 spiro atoms. The van der Waals surface area contributed by atoms with Crippen LogP contribution in [0.4, 0.5) is 5.69 Å². The molecule has 1 heterocycles. The highest BCUT2D eigenvalue weighted by Gasteiger charge is 2.28. The fraction of sp³-hybridized carbons (Fsp3) is 0.625. The Bertz CT molecular complexity index is 511. The highest BCUT2D eigenvalue weighted by molar-refractivity contribution is 6.30. The second-order valence-electron chi connectivity index (χ2n) is 5.76. The summed E-state index contributed by atoms with van der Waals surface area (Å²) in [6.07, 6.45) is 4.31. The number of hydrogen-bond donors (Lipinski definition) is 1. The van der Waals surface area contributed by atoms with Crippen molar-refractivity contribution in [3.63, 3.8) is 0 Å². The van der Waals surface area contributed by atoms with Gasteiger partial charge in [0.2, 0.25) is 0 Å². The van der Waals surface area contributed by atoms with Crippen LogP contribution < -0.4 is 5.32 Å². The maximum absolute atomic E-state index is 11.4. The van der Waals surface area contributed by atoms with Crippen LogP contribution >= 0.6 is 36.4 Å². The molecule has 1 N–H and O–H groups in total. The van der Waals surface area contributed by atoms with Crippen molar-refractivity contribution in [2.45, 2.75) is 38.6 Å². The van der Waals surface area contributed by atoms with Gasteiger partial charge in [-0.3, -0.25) is 15.0 Å². The van der Waals surface area contributed by atoms with Gasteiger partial charge in [-0.25, -0.2) is 0 Å². The maximum atomic E-state index is 11.4. The van der Waals surface area contributed by atoms with Gasteiger partial charge in [0.25, 0.3) is 5.69 Å². The Labute approximate surface area is 161 Å². The third-order valence-corrected chi connectivity index (χ3v) is 4.45. The van der Waals surface area contributed by atoms with Crippen molar-refractivity contribution in [3.8, 4) is 0 Å². The van der Waals surface area contributed by atoms with Crippen molar-refractivity contribution in [1.82, 2.24) is 10.2 Å². The minimum atomic E-state index is -0.291. The smallest absolute Gasteiger partial charge is 0.274 e. The number of halogens is 3. The summed E-state index contributed by atoms with van der Waals surface area (Å²) in [7, 11) is 0. The quantitative estimate of drug-likeness (QED) is 0.413. The number of piperazine rings is 1. The van der Waals surface area contributed by atoms with Crippen molar-refractivity contribution < 1.29 is 4.92 Å². The number of rotatable bonds is 7. The number of hydrogen-bond acceptors (Lipinski definition) is 4. The second kappa shape index (κ2) is 11.9. The molecule has 0 aromatic heterocycles. The minimum absolute atomic E-state index is 0. The summed E-state index contributed by atoms with van der Waals surface area (Å²) < 4.78 is 0. The first kappa shape index (κ1) is 23.4. The van der Waals surface area contributed by atoms with Gasteiger partial charge < -0.3 is 5.32 Å². The lowest BCUT2D eigenvalue weighted by Crippen LogP contribution is -2.45. The van der Waals surface area contributed by atoms with E-state index in [0.717, 1.165) is 57.4 Å². The Kier molecular flexibility index (Phi) is 11.6. The van der Waals surface area contributed by atoms with Crippen molar-refractivity contribution in [2.75, 3.05) is 26.2 Å². The van der Waals surface area contributed by atoms with E-state index in [4.69, 9.17) is 11.6 Å². The van der Waals surface area contributed by atoms with E-state index in [2.05, 4.69) is 17.1 Å². The first-order chi connectivity index (χ1) is 10.6. The Balaban J connectivity index is 0.00000264. The molecule has 0 unspecified atom stereocenters. The largest absolute Gasteiger partial charge is 0.314 e. The Hall–Kier alpha value is -0.590. The van der Waals surface area contributed by atoms with Crippen molar-refractivity contribution in [2.24, 2.45) is 0 Å². The molecule has 2 rings (SSSR count). The molecule has 5 nitrogen and oxygen atoms in total. The van der Waals surface area contributed by atoms with Gasteiger partial charge in [-0.1, -0.05) is 37.8 Å². The molecule has 24 heavy (non-hydrogen) atoms. The number of unbranched alkanes of at least 4 members (excludes halogenated alkanes) is 2. The predicted octanol–water partition coefficient (Wildman–Crippen LogP) is 4.62. The molecule has 138 valence electrons. The summed E-state index contributed by atoms with van der Waals surface area (Å²) in [6.45, 7) is 5.86. The normalized spacial score (nSPS) is 15.9. The van der Waals surface area contributed by atoms with E-state index in [1.165, 1.54) is 6.07 Å². The molecule has 0 saturated carbocycles. The van der Waals surface area contributed by atoms with Gasteiger partial charge in [0, 0.05) is 48.9 Å². The summed E-state index contributed by atoms with van der Waals surface area (Å²) in [6, 6.07) is 4.99. The predicted molar refractivity (Wildman–Crippen MR) is 104 cm³/mol. The van der Waals surface area contributed by atoms with E-state index in [9.17, 15) is 10.1 Å². The van der Waals surface area contributed by atoms with Gasteiger partial charge >= 0.3 is 0 Å². The zero-order valence-corrected chi connectivity index (χ0v) is 16.3. The van der Waals surface area contributed by atoms with Crippen molar-refractivity contribution >= 4 is 42.1 Å². The Morgan fingerprint density at radius 3 is 2.54 bits per heavy atom. The highest BCUT2D eigenvalue weighted by Crippen LogP contribution is 2.35. The van der Waals surface area contributed by atoms with Crippen LogP contribution in [0, 0.1) is 10.1 Å². The summed E-state index contributed by atoms with van der Waals surface area (Å²) in [5.41, 5.74) is 0.944. The molecule has 8 heteroatoms. The lowest BCUT2D eigenvalue weighted by Gasteiger charge is -2.35. The Morgan fingerprint density at radius 2 is 1.96 bits per heavy atom. The average molecular weight is 399 g/mol. The lowest BCUT2D eigenvalue weighted by atomic mass is 9.96. The SMILES string of the molecule is CCCCC[C@@H](c1cc(Cl)ccc1[N+](=O)[O-])N1CCNCC1.Cl.Cl. The van der Waals surface area contributed by atoms with Crippen LogP contribution in [0.25, 0.3) is 0 Å². The van der Waals surface area contributed by atoms with Gasteiger partial charge in [0.15, 0.2) is 0 Å². The van der Waals surface area contributed by atoms with E-state index in [-0.39, 0.29) is 41.5 Å². The summed E-state index contributed by atoms with van der Waals surface area (Å²) in [4.78, 5) is 13.4. The molecular formula is C16H26Cl3N3O2. The topological polar surface area (TPSA) is 58.4 Å². The van der Waals surface area contributed by atoms with Crippen molar-refractivity contribution in [1.29, 1.82) is 0 Å². The monoisotopic (exact) mass is 397 g/mol. The zero-order valence-electron chi connectivity index (χ0n) is 13.9. The first-order valence-electron chi connectivity index (χ1n) is 8.02.